The predicted molar refractivity (Wildman–Crippen MR) is 225 cm³/mol. The first-order valence-electron chi connectivity index (χ1n) is 21.9. The Balaban J connectivity index is 2.59. The van der Waals surface area contributed by atoms with Gasteiger partial charge in [-0.3, -0.25) is 37.8 Å². The van der Waals surface area contributed by atoms with Gasteiger partial charge in [0.15, 0.2) is 6.29 Å². The van der Waals surface area contributed by atoms with Crippen LogP contribution in [0.5, 0.6) is 0 Å². The molecule has 3 unspecified atom stereocenters. The lowest BCUT2D eigenvalue weighted by Crippen LogP contribution is -2.66. The number of hydrogen-bond donors (Lipinski definition) is 8. The number of carbonyl (C=O) groups excluding carboxylic acids is 5. The SMILES string of the molecule is CCCCCCCCCCCCCCOP(=O)(O)OCCNC(=O)CCC(=O)OC[C@H]1O[C@H](O)[C@H](NC(C)=O)[C@@H](OC(C)CN(C(=O)C(N)CC)[C@H](CCC(=O)O)C(N)=O)[C@@H]1O. The summed E-state index contributed by atoms with van der Waals surface area (Å²) < 4.78 is 38.7. The maximum absolute atomic E-state index is 13.2. The van der Waals surface area contributed by atoms with E-state index in [1.54, 1.807) is 6.92 Å². The number of primary amides is 1. The number of unbranched alkanes of at least 4 members (excludes halogenated alkanes) is 11. The van der Waals surface area contributed by atoms with Crippen LogP contribution in [0.3, 0.4) is 0 Å². The topological polar surface area (TPSA) is 326 Å². The molecule has 62 heavy (non-hydrogen) atoms. The molecule has 9 atom stereocenters. The summed E-state index contributed by atoms with van der Waals surface area (Å²) in [6.07, 6.45) is 5.04. The molecule has 0 aliphatic carbocycles. The van der Waals surface area contributed by atoms with Gasteiger partial charge in [-0.05, 0) is 26.2 Å². The average molecular weight is 912 g/mol. The zero-order valence-corrected chi connectivity index (χ0v) is 37.8. The third kappa shape index (κ3) is 24.0. The van der Waals surface area contributed by atoms with Crippen molar-refractivity contribution in [2.75, 3.05) is 32.9 Å². The molecular weight excluding hydrogens is 837 g/mol. The number of aliphatic hydroxyl groups is 2. The first-order chi connectivity index (χ1) is 29.3. The van der Waals surface area contributed by atoms with Gasteiger partial charge in [-0.25, -0.2) is 4.57 Å². The number of hydrogen-bond acceptors (Lipinski definition) is 15. The van der Waals surface area contributed by atoms with E-state index < -0.39 is 112 Å². The normalized spacial score (nSPS) is 21.2. The van der Waals surface area contributed by atoms with Gasteiger partial charge in [0.1, 0.15) is 37.0 Å². The van der Waals surface area contributed by atoms with Crippen LogP contribution in [0.15, 0.2) is 0 Å². The summed E-state index contributed by atoms with van der Waals surface area (Å²) in [6, 6.07) is -3.81. The summed E-state index contributed by atoms with van der Waals surface area (Å²) in [5.41, 5.74) is 11.5. The van der Waals surface area contributed by atoms with Gasteiger partial charge in [0, 0.05) is 32.9 Å². The molecule has 0 spiro atoms. The Morgan fingerprint density at radius 1 is 0.871 bits per heavy atom. The molecule has 0 aromatic carbocycles. The molecule has 10 N–H and O–H groups in total. The van der Waals surface area contributed by atoms with E-state index in [1.807, 2.05) is 0 Å². The summed E-state index contributed by atoms with van der Waals surface area (Å²) in [5.74, 6) is -5.02. The van der Waals surface area contributed by atoms with Crippen LogP contribution in [0.2, 0.25) is 0 Å². The number of aliphatic carboxylic acids is 1. The highest BCUT2D eigenvalue weighted by Crippen LogP contribution is 2.43. The predicted octanol–water partition coefficient (Wildman–Crippen LogP) is 1.90. The Bertz CT molecular complexity index is 1410. The van der Waals surface area contributed by atoms with Crippen molar-refractivity contribution in [3.05, 3.63) is 0 Å². The standard InChI is InChI=1S/C40H74N5O16P/c1-5-7-8-9-10-11-12-13-14-15-16-17-23-58-62(55,56)59-24-22-43-32(47)19-21-34(50)57-26-31-36(51)37(35(40(54)61-31)44-28(4)46)60-27(3)25-45(39(53)29(41)6-2)30(38(42)52)18-20-33(48)49/h27,29-31,35-37,40,51,54H,5-26,41H2,1-4H3,(H2,42,52)(H,43,47)(H,44,46)(H,48,49)(H,55,56)/t27?,29?,30-,31-,35-,36-,37-,40+/m1/s1. The molecule has 0 bridgehead atoms. The molecule has 1 saturated heterocycles. The molecule has 1 rings (SSSR count). The van der Waals surface area contributed by atoms with Crippen LogP contribution in [0, 0.1) is 0 Å². The molecule has 1 fully saturated rings. The first-order valence-corrected chi connectivity index (χ1v) is 23.4. The van der Waals surface area contributed by atoms with Crippen LogP contribution in [0.4, 0.5) is 0 Å². The Hall–Kier alpha value is -3.27. The van der Waals surface area contributed by atoms with Crippen LogP contribution >= 0.6 is 7.82 Å². The monoisotopic (exact) mass is 911 g/mol. The minimum absolute atomic E-state index is 0.0657. The Morgan fingerprint density at radius 2 is 1.45 bits per heavy atom. The van der Waals surface area contributed by atoms with Crippen molar-refractivity contribution in [1.29, 1.82) is 0 Å². The zero-order valence-electron chi connectivity index (χ0n) is 36.9. The molecule has 0 aromatic rings. The lowest BCUT2D eigenvalue weighted by Gasteiger charge is -2.44. The first kappa shape index (κ1) is 56.7. The number of ether oxygens (including phenoxy) is 3. The van der Waals surface area contributed by atoms with Gasteiger partial charge in [0.05, 0.1) is 31.8 Å². The van der Waals surface area contributed by atoms with Crippen molar-refractivity contribution in [3.63, 3.8) is 0 Å². The molecule has 4 amide bonds. The van der Waals surface area contributed by atoms with Crippen molar-refractivity contribution in [2.24, 2.45) is 11.5 Å². The lowest BCUT2D eigenvalue weighted by atomic mass is 9.96. The van der Waals surface area contributed by atoms with Gasteiger partial charge in [-0.1, -0.05) is 84.5 Å². The number of amides is 4. The highest BCUT2D eigenvalue weighted by molar-refractivity contribution is 7.47. The molecule has 0 saturated carbocycles. The maximum atomic E-state index is 13.2. The maximum Gasteiger partial charge on any atom is 0.472 e. The summed E-state index contributed by atoms with van der Waals surface area (Å²) in [7, 11) is -4.31. The smallest absolute Gasteiger partial charge is 0.472 e. The molecule has 21 nitrogen and oxygen atoms in total. The number of nitrogens with two attached hydrogens (primary N) is 2. The lowest BCUT2D eigenvalue weighted by molar-refractivity contribution is -0.269. The number of nitrogens with one attached hydrogen (secondary N) is 2. The van der Waals surface area contributed by atoms with Crippen LogP contribution in [0.25, 0.3) is 0 Å². The summed E-state index contributed by atoms with van der Waals surface area (Å²) in [4.78, 5) is 84.6. The Morgan fingerprint density at radius 3 is 2.00 bits per heavy atom. The molecule has 0 radical (unpaired) electrons. The van der Waals surface area contributed by atoms with E-state index in [0.29, 0.717) is 6.42 Å². The van der Waals surface area contributed by atoms with Gasteiger partial charge < -0.3 is 61.4 Å². The van der Waals surface area contributed by atoms with E-state index in [1.165, 1.54) is 58.3 Å². The molecule has 0 aromatic heterocycles. The average Bonchev–Trinajstić information content (AvgIpc) is 3.21. The number of aliphatic hydroxyl groups excluding tert-OH is 2. The van der Waals surface area contributed by atoms with Crippen LogP contribution in [-0.2, 0) is 56.6 Å². The second-order valence-electron chi connectivity index (χ2n) is 15.6. The number of rotatable bonds is 35. The fourth-order valence-electron chi connectivity index (χ4n) is 6.74. The Kier molecular flexibility index (Phi) is 28.9. The van der Waals surface area contributed by atoms with E-state index in [0.717, 1.165) is 31.1 Å². The second kappa shape index (κ2) is 31.6. The Labute approximate surface area is 365 Å². The minimum Gasteiger partial charge on any atom is -0.481 e. The fourth-order valence-corrected chi connectivity index (χ4v) is 7.50. The number of carboxylic acids is 1. The van der Waals surface area contributed by atoms with Crippen molar-refractivity contribution < 1.29 is 76.8 Å². The van der Waals surface area contributed by atoms with Crippen LogP contribution in [0.1, 0.15) is 137 Å². The second-order valence-corrected chi connectivity index (χ2v) is 17.1. The fraction of sp³-hybridized carbons (Fsp3) is 0.850. The van der Waals surface area contributed by atoms with Crippen LogP contribution < -0.4 is 22.1 Å². The van der Waals surface area contributed by atoms with Crippen LogP contribution in [-0.4, -0.2) is 142 Å². The van der Waals surface area contributed by atoms with E-state index in [-0.39, 0.29) is 45.6 Å². The van der Waals surface area contributed by atoms with E-state index >= 15 is 0 Å². The van der Waals surface area contributed by atoms with Gasteiger partial charge in [0.25, 0.3) is 0 Å². The molecular formula is C40H74N5O16P. The highest BCUT2D eigenvalue weighted by Gasteiger charge is 2.47. The number of carbonyl (C=O) groups is 6. The van der Waals surface area contributed by atoms with Crippen molar-refractivity contribution in [2.45, 2.75) is 186 Å². The van der Waals surface area contributed by atoms with Gasteiger partial charge in [0.2, 0.25) is 23.6 Å². The largest absolute Gasteiger partial charge is 0.481 e. The van der Waals surface area contributed by atoms with Gasteiger partial charge in [-0.15, -0.1) is 0 Å². The number of nitrogens with zero attached hydrogens (tertiary/aromatic N) is 1. The molecule has 360 valence electrons. The molecule has 1 heterocycles. The molecule has 1 aliphatic heterocycles. The third-order valence-electron chi connectivity index (χ3n) is 10.2. The summed E-state index contributed by atoms with van der Waals surface area (Å²) in [5, 5.41) is 36.1. The van der Waals surface area contributed by atoms with E-state index in [9.17, 15) is 53.5 Å². The quantitative estimate of drug-likeness (QED) is 0.0256. The van der Waals surface area contributed by atoms with Crippen molar-refractivity contribution in [3.8, 4) is 0 Å². The van der Waals surface area contributed by atoms with Crippen molar-refractivity contribution >= 4 is 43.4 Å². The highest BCUT2D eigenvalue weighted by atomic mass is 31.2. The zero-order chi connectivity index (χ0) is 46.7. The number of phosphoric acid groups is 1. The van der Waals surface area contributed by atoms with Gasteiger partial charge in [-0.2, -0.15) is 0 Å². The molecule has 22 heteroatoms. The third-order valence-corrected chi connectivity index (χ3v) is 11.2. The number of esters is 1. The van der Waals surface area contributed by atoms with Gasteiger partial charge >= 0.3 is 19.8 Å². The minimum atomic E-state index is -4.31. The van der Waals surface area contributed by atoms with Crippen molar-refractivity contribution in [1.82, 2.24) is 15.5 Å². The van der Waals surface area contributed by atoms with E-state index in [4.69, 9.17) is 34.7 Å². The molecule has 1 aliphatic rings. The summed E-state index contributed by atoms with van der Waals surface area (Å²) >= 11 is 0. The van der Waals surface area contributed by atoms with E-state index in [2.05, 4.69) is 17.6 Å². The number of phosphoric ester groups is 1. The summed E-state index contributed by atoms with van der Waals surface area (Å²) in [6.45, 7) is 5.05. The number of carboxylic acid groups (broad SMARTS) is 1.